The first kappa shape index (κ1) is 24.4. The molecule has 0 spiro atoms. The standard InChI is InChI=1S/C25H32N6O5/c26-16-7-9-30(15-16)22(33)2-1-8-28-10-12-29(13-11-28)17-3-4-18-19(14-17)25(36)31(24(18)35)20-5-6-21(32)27-23(20)34/h3-4,14,16,20H,1-2,5-13,15,26H2,(H,27,32,34)/t16-,20?/m1/s1. The van der Waals surface area contributed by atoms with Crippen LogP contribution in [0.25, 0.3) is 0 Å². The number of fused-ring (bicyclic) bond motifs is 1. The molecule has 5 amide bonds. The lowest BCUT2D eigenvalue weighted by Crippen LogP contribution is -2.54. The summed E-state index contributed by atoms with van der Waals surface area (Å²) in [6.45, 7) is 5.51. The second kappa shape index (κ2) is 9.98. The molecule has 3 saturated heterocycles. The van der Waals surface area contributed by atoms with Crippen LogP contribution in [0.3, 0.4) is 0 Å². The van der Waals surface area contributed by atoms with E-state index in [-0.39, 0.29) is 30.4 Å². The molecule has 1 unspecified atom stereocenters. The fourth-order valence-electron chi connectivity index (χ4n) is 5.51. The molecule has 1 aromatic carbocycles. The third-order valence-electron chi connectivity index (χ3n) is 7.60. The molecule has 0 aliphatic carbocycles. The minimum absolute atomic E-state index is 0.0971. The molecule has 192 valence electrons. The Labute approximate surface area is 209 Å². The highest BCUT2D eigenvalue weighted by molar-refractivity contribution is 6.23. The second-order valence-corrected chi connectivity index (χ2v) is 10.00. The van der Waals surface area contributed by atoms with E-state index in [0.717, 1.165) is 62.7 Å². The number of piperidine rings is 1. The summed E-state index contributed by atoms with van der Waals surface area (Å²) in [4.78, 5) is 69.4. The zero-order chi connectivity index (χ0) is 25.4. The summed E-state index contributed by atoms with van der Waals surface area (Å²) in [6, 6.07) is 4.37. The van der Waals surface area contributed by atoms with E-state index in [0.29, 0.717) is 18.5 Å². The van der Waals surface area contributed by atoms with E-state index in [1.54, 1.807) is 12.1 Å². The molecule has 11 heteroatoms. The van der Waals surface area contributed by atoms with Crippen LogP contribution in [0.15, 0.2) is 18.2 Å². The average molecular weight is 497 g/mol. The van der Waals surface area contributed by atoms with Crippen molar-refractivity contribution in [1.29, 1.82) is 0 Å². The van der Waals surface area contributed by atoms with Crippen molar-refractivity contribution in [2.24, 2.45) is 5.73 Å². The molecule has 0 saturated carbocycles. The van der Waals surface area contributed by atoms with Crippen LogP contribution in [0.2, 0.25) is 0 Å². The lowest BCUT2D eigenvalue weighted by atomic mass is 10.0. The maximum Gasteiger partial charge on any atom is 0.262 e. The van der Waals surface area contributed by atoms with Crippen LogP contribution in [0.1, 0.15) is 52.8 Å². The van der Waals surface area contributed by atoms with Gasteiger partial charge in [0.2, 0.25) is 17.7 Å². The maximum atomic E-state index is 13.1. The van der Waals surface area contributed by atoms with Crippen molar-refractivity contribution >= 4 is 35.2 Å². The number of rotatable bonds is 6. The van der Waals surface area contributed by atoms with Gasteiger partial charge in [-0.2, -0.15) is 0 Å². The molecule has 36 heavy (non-hydrogen) atoms. The Hall–Kier alpha value is -3.31. The van der Waals surface area contributed by atoms with Crippen molar-refractivity contribution in [2.45, 2.75) is 44.2 Å². The van der Waals surface area contributed by atoms with Gasteiger partial charge in [0.15, 0.2) is 0 Å². The number of anilines is 1. The smallest absolute Gasteiger partial charge is 0.262 e. The monoisotopic (exact) mass is 496 g/mol. The highest BCUT2D eigenvalue weighted by Crippen LogP contribution is 2.31. The first-order valence-electron chi connectivity index (χ1n) is 12.7. The Morgan fingerprint density at radius 2 is 1.72 bits per heavy atom. The molecule has 2 atom stereocenters. The van der Waals surface area contributed by atoms with E-state index < -0.39 is 29.7 Å². The Bertz CT molecular complexity index is 1100. The van der Waals surface area contributed by atoms with E-state index in [4.69, 9.17) is 5.73 Å². The van der Waals surface area contributed by atoms with Crippen molar-refractivity contribution in [1.82, 2.24) is 20.0 Å². The molecular formula is C25H32N6O5. The zero-order valence-corrected chi connectivity index (χ0v) is 20.3. The summed E-state index contributed by atoms with van der Waals surface area (Å²) in [7, 11) is 0. The van der Waals surface area contributed by atoms with E-state index >= 15 is 0 Å². The van der Waals surface area contributed by atoms with Crippen LogP contribution in [0, 0.1) is 0 Å². The van der Waals surface area contributed by atoms with Crippen molar-refractivity contribution in [2.75, 3.05) is 50.7 Å². The molecule has 3 N–H and O–H groups in total. The molecule has 4 aliphatic rings. The number of nitrogens with zero attached hydrogens (tertiary/aromatic N) is 4. The van der Waals surface area contributed by atoms with Crippen LogP contribution in [0.4, 0.5) is 5.69 Å². The third-order valence-corrected chi connectivity index (χ3v) is 7.60. The number of hydrogen-bond acceptors (Lipinski definition) is 8. The Balaban J connectivity index is 1.14. The van der Waals surface area contributed by atoms with E-state index in [1.165, 1.54) is 0 Å². The fraction of sp³-hybridized carbons (Fsp3) is 0.560. The first-order valence-corrected chi connectivity index (χ1v) is 12.7. The summed E-state index contributed by atoms with van der Waals surface area (Å²) in [5, 5.41) is 2.21. The lowest BCUT2D eigenvalue weighted by molar-refractivity contribution is -0.136. The molecule has 4 heterocycles. The van der Waals surface area contributed by atoms with Gasteiger partial charge in [0, 0.05) is 63.8 Å². The normalized spacial score (nSPS) is 25.0. The Morgan fingerprint density at radius 3 is 2.42 bits per heavy atom. The molecule has 4 aliphatic heterocycles. The second-order valence-electron chi connectivity index (χ2n) is 10.00. The van der Waals surface area contributed by atoms with Crippen LogP contribution in [0.5, 0.6) is 0 Å². The highest BCUT2D eigenvalue weighted by atomic mass is 16.2. The van der Waals surface area contributed by atoms with Crippen molar-refractivity contribution < 1.29 is 24.0 Å². The van der Waals surface area contributed by atoms with Gasteiger partial charge in [-0.15, -0.1) is 0 Å². The number of benzene rings is 1. The Kier molecular flexibility index (Phi) is 6.76. The van der Waals surface area contributed by atoms with Gasteiger partial charge in [-0.25, -0.2) is 0 Å². The number of amides is 5. The molecular weight excluding hydrogens is 464 g/mol. The van der Waals surface area contributed by atoms with E-state index in [9.17, 15) is 24.0 Å². The van der Waals surface area contributed by atoms with Gasteiger partial charge in [-0.3, -0.25) is 39.1 Å². The molecule has 0 aromatic heterocycles. The van der Waals surface area contributed by atoms with Gasteiger partial charge in [0.1, 0.15) is 6.04 Å². The number of nitrogens with one attached hydrogen (secondary N) is 1. The van der Waals surface area contributed by atoms with Crippen molar-refractivity contribution in [3.63, 3.8) is 0 Å². The number of carbonyl (C=O) groups is 5. The molecule has 1 aromatic rings. The topological polar surface area (TPSA) is 136 Å². The maximum absolute atomic E-state index is 13.1. The largest absolute Gasteiger partial charge is 0.369 e. The summed E-state index contributed by atoms with van der Waals surface area (Å²) >= 11 is 0. The predicted molar refractivity (Wildman–Crippen MR) is 130 cm³/mol. The third kappa shape index (κ3) is 4.72. The van der Waals surface area contributed by atoms with E-state index in [1.807, 2.05) is 11.0 Å². The predicted octanol–water partition coefficient (Wildman–Crippen LogP) is -0.450. The van der Waals surface area contributed by atoms with Gasteiger partial charge in [0.25, 0.3) is 11.8 Å². The minimum Gasteiger partial charge on any atom is -0.369 e. The fourth-order valence-corrected chi connectivity index (χ4v) is 5.51. The van der Waals surface area contributed by atoms with Crippen LogP contribution < -0.4 is 16.0 Å². The van der Waals surface area contributed by atoms with Crippen molar-refractivity contribution in [3.8, 4) is 0 Å². The summed E-state index contributed by atoms with van der Waals surface area (Å²) in [5.74, 6) is -1.80. The molecule has 0 radical (unpaired) electrons. The lowest BCUT2D eigenvalue weighted by Gasteiger charge is -2.36. The zero-order valence-electron chi connectivity index (χ0n) is 20.3. The number of hydrogen-bond donors (Lipinski definition) is 2. The molecule has 5 rings (SSSR count). The van der Waals surface area contributed by atoms with Crippen LogP contribution in [-0.2, 0) is 14.4 Å². The molecule has 0 bridgehead atoms. The minimum atomic E-state index is -0.962. The van der Waals surface area contributed by atoms with Gasteiger partial charge in [-0.1, -0.05) is 0 Å². The SMILES string of the molecule is N[C@@H]1CCN(C(=O)CCCN2CCN(c3ccc4c(c3)C(=O)N(C3CCC(=O)NC3=O)C4=O)CC2)C1. The van der Waals surface area contributed by atoms with Crippen molar-refractivity contribution in [3.05, 3.63) is 29.3 Å². The molecule has 3 fully saturated rings. The number of piperazine rings is 1. The number of likely N-dealkylation sites (tertiary alicyclic amines) is 1. The molecule has 11 nitrogen and oxygen atoms in total. The van der Waals surface area contributed by atoms with Gasteiger partial charge >= 0.3 is 0 Å². The van der Waals surface area contributed by atoms with Gasteiger partial charge in [-0.05, 0) is 44.0 Å². The number of nitrogens with two attached hydrogens (primary N) is 1. The summed E-state index contributed by atoms with van der Waals surface area (Å²) in [6.07, 6.45) is 2.47. The van der Waals surface area contributed by atoms with Crippen LogP contribution in [-0.4, -0.2) is 102 Å². The van der Waals surface area contributed by atoms with Gasteiger partial charge < -0.3 is 15.5 Å². The quantitative estimate of drug-likeness (QED) is 0.506. The average Bonchev–Trinajstić information content (AvgIpc) is 3.41. The summed E-state index contributed by atoms with van der Waals surface area (Å²) < 4.78 is 0. The van der Waals surface area contributed by atoms with Gasteiger partial charge in [0.05, 0.1) is 11.1 Å². The first-order chi connectivity index (χ1) is 17.3. The highest BCUT2D eigenvalue weighted by Gasteiger charge is 2.44. The number of carbonyl (C=O) groups excluding carboxylic acids is 5. The number of imide groups is 2. The Morgan fingerprint density at radius 1 is 0.972 bits per heavy atom. The van der Waals surface area contributed by atoms with E-state index in [2.05, 4.69) is 15.1 Å². The van der Waals surface area contributed by atoms with Crippen LogP contribution >= 0.6 is 0 Å². The summed E-state index contributed by atoms with van der Waals surface area (Å²) in [5.41, 5.74) is 7.34.